The lowest BCUT2D eigenvalue weighted by Crippen LogP contribution is -2.45. The molecule has 1 aliphatic heterocycles. The summed E-state index contributed by atoms with van der Waals surface area (Å²) >= 11 is 1.78. The summed E-state index contributed by atoms with van der Waals surface area (Å²) in [4.78, 5) is 7.03. The molecule has 1 aromatic rings. The summed E-state index contributed by atoms with van der Waals surface area (Å²) < 4.78 is 5.55. The number of rotatable bonds is 5. The summed E-state index contributed by atoms with van der Waals surface area (Å²) in [6.07, 6.45) is 2.45. The van der Waals surface area contributed by atoms with Gasteiger partial charge in [0.05, 0.1) is 23.4 Å². The van der Waals surface area contributed by atoms with Crippen molar-refractivity contribution in [1.29, 1.82) is 0 Å². The highest BCUT2D eigenvalue weighted by Gasteiger charge is 2.19. The van der Waals surface area contributed by atoms with E-state index in [1.165, 1.54) is 17.1 Å². The standard InChI is InChI=1S/C12H21N3OS.2ClH/c1-2-3-12-14-10(9-17-12)7-15-4-5-16-11(6-13)8-15;;/h9,11H,2-8,13H2,1H3;2*1H. The van der Waals surface area contributed by atoms with Gasteiger partial charge in [-0.1, -0.05) is 6.92 Å². The summed E-state index contributed by atoms with van der Waals surface area (Å²) in [5.41, 5.74) is 6.83. The number of thiazole rings is 1. The molecular weight excluding hydrogens is 305 g/mol. The Morgan fingerprint density at radius 1 is 1.53 bits per heavy atom. The van der Waals surface area contributed by atoms with Gasteiger partial charge in [-0.25, -0.2) is 4.98 Å². The maximum atomic E-state index is 5.64. The monoisotopic (exact) mass is 327 g/mol. The number of ether oxygens (including phenoxy) is 1. The Kier molecular flexibility index (Phi) is 9.96. The van der Waals surface area contributed by atoms with Crippen LogP contribution in [0.15, 0.2) is 5.38 Å². The first-order valence-electron chi connectivity index (χ1n) is 6.29. The molecule has 19 heavy (non-hydrogen) atoms. The van der Waals surface area contributed by atoms with Gasteiger partial charge in [0, 0.05) is 31.6 Å². The van der Waals surface area contributed by atoms with Gasteiger partial charge in [-0.2, -0.15) is 0 Å². The predicted molar refractivity (Wildman–Crippen MR) is 84.7 cm³/mol. The second-order valence-electron chi connectivity index (χ2n) is 4.45. The number of morpholine rings is 1. The van der Waals surface area contributed by atoms with Crippen molar-refractivity contribution in [2.24, 2.45) is 5.73 Å². The lowest BCUT2D eigenvalue weighted by molar-refractivity contribution is -0.0263. The maximum Gasteiger partial charge on any atom is 0.0928 e. The van der Waals surface area contributed by atoms with Crippen LogP contribution in [0.5, 0.6) is 0 Å². The van der Waals surface area contributed by atoms with Crippen LogP contribution in [0.1, 0.15) is 24.0 Å². The zero-order chi connectivity index (χ0) is 12.1. The van der Waals surface area contributed by atoms with Gasteiger partial charge >= 0.3 is 0 Å². The van der Waals surface area contributed by atoms with Crippen LogP contribution >= 0.6 is 36.2 Å². The van der Waals surface area contributed by atoms with Crippen LogP contribution in [0.25, 0.3) is 0 Å². The first-order valence-corrected chi connectivity index (χ1v) is 7.17. The molecule has 0 spiro atoms. The number of halogens is 2. The second-order valence-corrected chi connectivity index (χ2v) is 5.39. The lowest BCUT2D eigenvalue weighted by atomic mass is 10.2. The van der Waals surface area contributed by atoms with E-state index in [1.54, 1.807) is 11.3 Å². The minimum Gasteiger partial charge on any atom is -0.374 e. The van der Waals surface area contributed by atoms with E-state index in [2.05, 4.69) is 22.2 Å². The minimum atomic E-state index is 0. The number of hydrogen-bond donors (Lipinski definition) is 1. The van der Waals surface area contributed by atoms with Crippen LogP contribution in [0.4, 0.5) is 0 Å². The first kappa shape index (κ1) is 19.1. The number of nitrogens with two attached hydrogens (primary N) is 1. The van der Waals surface area contributed by atoms with E-state index in [0.29, 0.717) is 6.54 Å². The van der Waals surface area contributed by atoms with Crippen molar-refractivity contribution in [1.82, 2.24) is 9.88 Å². The molecule has 4 nitrogen and oxygen atoms in total. The van der Waals surface area contributed by atoms with Crippen molar-refractivity contribution in [3.8, 4) is 0 Å². The highest BCUT2D eigenvalue weighted by atomic mass is 35.5. The van der Waals surface area contributed by atoms with Gasteiger partial charge in [0.1, 0.15) is 0 Å². The van der Waals surface area contributed by atoms with Crippen LogP contribution in [0, 0.1) is 0 Å². The number of aryl methyl sites for hydroxylation is 1. The van der Waals surface area contributed by atoms with Crippen LogP contribution in [-0.4, -0.2) is 42.2 Å². The largest absolute Gasteiger partial charge is 0.374 e. The van der Waals surface area contributed by atoms with E-state index in [-0.39, 0.29) is 30.9 Å². The van der Waals surface area contributed by atoms with Gasteiger partial charge < -0.3 is 10.5 Å². The number of aromatic nitrogens is 1. The zero-order valence-corrected chi connectivity index (χ0v) is 13.7. The van der Waals surface area contributed by atoms with Crippen molar-refractivity contribution in [2.75, 3.05) is 26.2 Å². The third-order valence-corrected chi connectivity index (χ3v) is 3.89. The van der Waals surface area contributed by atoms with Crippen LogP contribution in [0.3, 0.4) is 0 Å². The van der Waals surface area contributed by atoms with Gasteiger partial charge in [-0.15, -0.1) is 36.2 Å². The fourth-order valence-corrected chi connectivity index (χ4v) is 2.94. The van der Waals surface area contributed by atoms with Crippen LogP contribution in [-0.2, 0) is 17.7 Å². The van der Waals surface area contributed by atoms with E-state index in [0.717, 1.165) is 32.7 Å². The fourth-order valence-electron chi connectivity index (χ4n) is 2.05. The van der Waals surface area contributed by atoms with E-state index in [4.69, 9.17) is 10.5 Å². The van der Waals surface area contributed by atoms with Crippen molar-refractivity contribution in [3.63, 3.8) is 0 Å². The molecule has 2 N–H and O–H groups in total. The van der Waals surface area contributed by atoms with Gasteiger partial charge in [0.15, 0.2) is 0 Å². The molecule has 1 unspecified atom stereocenters. The average Bonchev–Trinajstić information content (AvgIpc) is 2.77. The van der Waals surface area contributed by atoms with E-state index in [9.17, 15) is 0 Å². The zero-order valence-electron chi connectivity index (χ0n) is 11.2. The molecule has 1 fully saturated rings. The molecular formula is C12H23Cl2N3OS. The molecule has 0 bridgehead atoms. The molecule has 2 heterocycles. The SMILES string of the molecule is CCCc1nc(CN2CCOC(CN)C2)cs1.Cl.Cl. The number of nitrogens with zero attached hydrogens (tertiary/aromatic N) is 2. The second kappa shape index (κ2) is 9.91. The topological polar surface area (TPSA) is 51.4 Å². The quantitative estimate of drug-likeness (QED) is 0.899. The highest BCUT2D eigenvalue weighted by molar-refractivity contribution is 7.09. The van der Waals surface area contributed by atoms with Crippen LogP contribution in [0.2, 0.25) is 0 Å². The predicted octanol–water partition coefficient (Wildman–Crippen LogP) is 2.10. The summed E-state index contributed by atoms with van der Waals surface area (Å²) in [7, 11) is 0. The molecule has 2 rings (SSSR count). The first-order chi connectivity index (χ1) is 8.31. The Balaban J connectivity index is 0.00000162. The van der Waals surface area contributed by atoms with Crippen molar-refractivity contribution in [3.05, 3.63) is 16.1 Å². The van der Waals surface area contributed by atoms with E-state index >= 15 is 0 Å². The van der Waals surface area contributed by atoms with Crippen molar-refractivity contribution in [2.45, 2.75) is 32.4 Å². The summed E-state index contributed by atoms with van der Waals surface area (Å²) in [5, 5.41) is 3.43. The Morgan fingerprint density at radius 3 is 3.00 bits per heavy atom. The van der Waals surface area contributed by atoms with Gasteiger partial charge in [0.25, 0.3) is 0 Å². The van der Waals surface area contributed by atoms with E-state index < -0.39 is 0 Å². The summed E-state index contributed by atoms with van der Waals surface area (Å²) in [6.45, 7) is 6.42. The van der Waals surface area contributed by atoms with Crippen LogP contribution < -0.4 is 5.73 Å². The molecule has 1 aliphatic rings. The molecule has 0 saturated carbocycles. The average molecular weight is 328 g/mol. The maximum absolute atomic E-state index is 5.64. The Hall–Kier alpha value is 0.0900. The Labute approximate surface area is 131 Å². The molecule has 0 aliphatic carbocycles. The summed E-state index contributed by atoms with van der Waals surface area (Å²) in [6, 6.07) is 0. The molecule has 7 heteroatoms. The third kappa shape index (κ3) is 5.94. The Bertz CT molecular complexity index is 351. The summed E-state index contributed by atoms with van der Waals surface area (Å²) in [5.74, 6) is 0. The molecule has 1 atom stereocenters. The lowest BCUT2D eigenvalue weighted by Gasteiger charge is -2.31. The molecule has 1 saturated heterocycles. The molecule has 112 valence electrons. The fraction of sp³-hybridized carbons (Fsp3) is 0.750. The Morgan fingerprint density at radius 2 is 2.32 bits per heavy atom. The molecule has 0 amide bonds. The highest BCUT2D eigenvalue weighted by Crippen LogP contribution is 2.15. The van der Waals surface area contributed by atoms with Crippen molar-refractivity contribution < 1.29 is 4.74 Å². The van der Waals surface area contributed by atoms with Gasteiger partial charge in [0.2, 0.25) is 0 Å². The van der Waals surface area contributed by atoms with Gasteiger partial charge in [-0.3, -0.25) is 4.90 Å². The molecule has 0 radical (unpaired) electrons. The molecule has 0 aromatic carbocycles. The van der Waals surface area contributed by atoms with E-state index in [1.807, 2.05) is 0 Å². The molecule has 1 aromatic heterocycles. The smallest absolute Gasteiger partial charge is 0.0928 e. The number of hydrogen-bond acceptors (Lipinski definition) is 5. The minimum absolute atomic E-state index is 0. The normalized spacial score (nSPS) is 19.6. The third-order valence-electron chi connectivity index (χ3n) is 2.93. The van der Waals surface area contributed by atoms with Crippen molar-refractivity contribution >= 4 is 36.2 Å². The van der Waals surface area contributed by atoms with Gasteiger partial charge in [-0.05, 0) is 12.8 Å².